The molecule has 0 aliphatic heterocycles. The maximum Gasteiger partial charge on any atom is 0.332 e. The van der Waals surface area contributed by atoms with Crippen LogP contribution in [0, 0.1) is 0 Å². The number of carbonyl (C=O) groups is 1. The van der Waals surface area contributed by atoms with Crippen molar-refractivity contribution in [3.8, 4) is 11.6 Å². The van der Waals surface area contributed by atoms with E-state index in [1.165, 1.54) is 32.0 Å². The van der Waals surface area contributed by atoms with Crippen molar-refractivity contribution in [1.29, 1.82) is 0 Å². The van der Waals surface area contributed by atoms with Crippen LogP contribution in [-0.4, -0.2) is 37.4 Å². The summed E-state index contributed by atoms with van der Waals surface area (Å²) < 4.78 is 12.3. The molecule has 0 saturated carbocycles. The Morgan fingerprint density at radius 1 is 1.27 bits per heavy atom. The predicted molar refractivity (Wildman–Crippen MR) is 95.1 cm³/mol. The molecule has 3 aromatic rings. The highest BCUT2D eigenvalue weighted by Gasteiger charge is 2.23. The Hall–Kier alpha value is -2.88. The highest BCUT2D eigenvalue weighted by atomic mass is 32.2. The lowest BCUT2D eigenvalue weighted by Gasteiger charge is -2.13. The minimum Gasteiger partial charge on any atom is -0.468 e. The fourth-order valence-electron chi connectivity index (χ4n) is 2.41. The topological polar surface area (TPSA) is 109 Å². The smallest absolute Gasteiger partial charge is 0.332 e. The second kappa shape index (κ2) is 6.79. The molecule has 0 N–H and O–H groups in total. The Bertz CT molecular complexity index is 1100. The number of nitrogens with zero attached hydrogens (tertiary/aromatic N) is 4. The van der Waals surface area contributed by atoms with Crippen LogP contribution in [0.5, 0.6) is 0 Å². The first-order valence-corrected chi connectivity index (χ1v) is 8.49. The van der Waals surface area contributed by atoms with Crippen LogP contribution in [0.3, 0.4) is 0 Å². The van der Waals surface area contributed by atoms with Crippen LogP contribution in [0.4, 0.5) is 0 Å². The molecule has 0 aromatic carbocycles. The SMILES string of the molecule is COC(=O)[C@H](C)Sc1nc(-c2ccco2)nc2c1c(=O)n(C)c(=O)n2C. The molecule has 0 fully saturated rings. The number of hydrogen-bond donors (Lipinski definition) is 0. The van der Waals surface area contributed by atoms with Crippen molar-refractivity contribution >= 4 is 28.8 Å². The van der Waals surface area contributed by atoms with Crippen LogP contribution in [0.15, 0.2) is 37.4 Å². The summed E-state index contributed by atoms with van der Waals surface area (Å²) in [5.41, 5.74) is -0.878. The van der Waals surface area contributed by atoms with Gasteiger partial charge in [-0.2, -0.15) is 0 Å². The summed E-state index contributed by atoms with van der Waals surface area (Å²) in [6, 6.07) is 3.34. The van der Waals surface area contributed by atoms with Crippen LogP contribution in [0.2, 0.25) is 0 Å². The number of methoxy groups -OCH3 is 1. The van der Waals surface area contributed by atoms with Crippen molar-refractivity contribution in [2.45, 2.75) is 17.2 Å². The summed E-state index contributed by atoms with van der Waals surface area (Å²) in [4.78, 5) is 45.4. The molecule has 0 spiro atoms. The predicted octanol–water partition coefficient (Wildman–Crippen LogP) is 0.941. The van der Waals surface area contributed by atoms with Crippen molar-refractivity contribution < 1.29 is 13.9 Å². The number of rotatable bonds is 4. The number of thioether (sulfide) groups is 1. The normalized spacial score (nSPS) is 12.3. The van der Waals surface area contributed by atoms with Gasteiger partial charge in [0.2, 0.25) is 0 Å². The molecule has 0 aliphatic rings. The Labute approximate surface area is 151 Å². The number of fused-ring (bicyclic) bond motifs is 1. The molecule has 0 radical (unpaired) electrons. The fourth-order valence-corrected chi connectivity index (χ4v) is 3.37. The largest absolute Gasteiger partial charge is 0.468 e. The van der Waals surface area contributed by atoms with E-state index in [4.69, 9.17) is 9.15 Å². The molecule has 136 valence electrons. The number of esters is 1. The van der Waals surface area contributed by atoms with Crippen LogP contribution in [0.25, 0.3) is 22.6 Å². The summed E-state index contributed by atoms with van der Waals surface area (Å²) >= 11 is 1.06. The van der Waals surface area contributed by atoms with Crippen molar-refractivity contribution in [2.75, 3.05) is 7.11 Å². The van der Waals surface area contributed by atoms with E-state index in [0.717, 1.165) is 16.3 Å². The van der Waals surface area contributed by atoms with Gasteiger partial charge in [0.1, 0.15) is 15.7 Å². The van der Waals surface area contributed by atoms with E-state index in [2.05, 4.69) is 9.97 Å². The highest BCUT2D eigenvalue weighted by Crippen LogP contribution is 2.29. The molecular weight excluding hydrogens is 360 g/mol. The van der Waals surface area contributed by atoms with Gasteiger partial charge < -0.3 is 9.15 Å². The van der Waals surface area contributed by atoms with Crippen LogP contribution >= 0.6 is 11.8 Å². The molecule has 0 bridgehead atoms. The zero-order valence-corrected chi connectivity index (χ0v) is 15.4. The third kappa shape index (κ3) is 2.92. The molecule has 10 heteroatoms. The summed E-state index contributed by atoms with van der Waals surface area (Å²) in [7, 11) is 4.18. The van der Waals surface area contributed by atoms with Crippen molar-refractivity contribution in [3.05, 3.63) is 39.2 Å². The number of ether oxygens (including phenoxy) is 1. The Kier molecular flexibility index (Phi) is 4.68. The van der Waals surface area contributed by atoms with Gasteiger partial charge >= 0.3 is 11.7 Å². The lowest BCUT2D eigenvalue weighted by molar-refractivity contribution is -0.139. The molecule has 9 nitrogen and oxygen atoms in total. The zero-order chi connectivity index (χ0) is 19.0. The van der Waals surface area contributed by atoms with E-state index in [-0.39, 0.29) is 21.9 Å². The van der Waals surface area contributed by atoms with Crippen molar-refractivity contribution in [2.24, 2.45) is 14.1 Å². The van der Waals surface area contributed by atoms with E-state index in [9.17, 15) is 14.4 Å². The van der Waals surface area contributed by atoms with Gasteiger partial charge in [-0.05, 0) is 19.1 Å². The third-order valence-corrected chi connectivity index (χ3v) is 4.89. The quantitative estimate of drug-likeness (QED) is 0.376. The first-order chi connectivity index (χ1) is 12.3. The fraction of sp³-hybridized carbons (Fsp3) is 0.312. The zero-order valence-electron chi connectivity index (χ0n) is 14.5. The minimum atomic E-state index is -0.607. The monoisotopic (exact) mass is 376 g/mol. The highest BCUT2D eigenvalue weighted by molar-refractivity contribution is 8.00. The average Bonchev–Trinajstić information content (AvgIpc) is 3.18. The van der Waals surface area contributed by atoms with Crippen LogP contribution in [-0.2, 0) is 23.6 Å². The Balaban J connectivity index is 2.34. The first-order valence-electron chi connectivity index (χ1n) is 7.61. The van der Waals surface area contributed by atoms with E-state index in [1.54, 1.807) is 19.1 Å². The number of carbonyl (C=O) groups excluding carboxylic acids is 1. The van der Waals surface area contributed by atoms with Gasteiger partial charge in [-0.1, -0.05) is 11.8 Å². The van der Waals surface area contributed by atoms with E-state index >= 15 is 0 Å². The summed E-state index contributed by atoms with van der Waals surface area (Å²) in [5.74, 6) is 0.140. The summed E-state index contributed by atoms with van der Waals surface area (Å²) in [5, 5.41) is -0.175. The maximum atomic E-state index is 12.7. The van der Waals surface area contributed by atoms with Crippen molar-refractivity contribution in [1.82, 2.24) is 19.1 Å². The van der Waals surface area contributed by atoms with Gasteiger partial charge in [0.25, 0.3) is 5.56 Å². The number of aryl methyl sites for hydroxylation is 1. The Morgan fingerprint density at radius 3 is 2.62 bits per heavy atom. The summed E-state index contributed by atoms with van der Waals surface area (Å²) in [6.07, 6.45) is 1.47. The number of hydrogen-bond acceptors (Lipinski definition) is 8. The van der Waals surface area contributed by atoms with Gasteiger partial charge in [-0.3, -0.25) is 18.7 Å². The van der Waals surface area contributed by atoms with Gasteiger partial charge in [-0.15, -0.1) is 0 Å². The average molecular weight is 376 g/mol. The lowest BCUT2D eigenvalue weighted by atomic mass is 10.3. The second-order valence-corrected chi connectivity index (χ2v) is 6.85. The molecule has 0 unspecified atom stereocenters. The molecule has 1 atom stereocenters. The minimum absolute atomic E-state index is 0.158. The van der Waals surface area contributed by atoms with E-state index in [1.807, 2.05) is 0 Å². The molecule has 3 rings (SSSR count). The summed E-state index contributed by atoms with van der Waals surface area (Å²) in [6.45, 7) is 1.64. The third-order valence-electron chi connectivity index (χ3n) is 3.83. The molecule has 3 aromatic heterocycles. The van der Waals surface area contributed by atoms with Crippen LogP contribution < -0.4 is 11.2 Å². The van der Waals surface area contributed by atoms with Gasteiger partial charge in [0.05, 0.1) is 13.4 Å². The van der Waals surface area contributed by atoms with Gasteiger partial charge in [0.15, 0.2) is 17.2 Å². The lowest BCUT2D eigenvalue weighted by Crippen LogP contribution is -2.37. The maximum absolute atomic E-state index is 12.7. The standard InChI is InChI=1S/C16H16N4O5S/c1-8(15(22)24-4)26-13-10-12(19(2)16(23)20(3)14(10)21)17-11(18-13)9-6-5-7-25-9/h5-8H,1-4H3/t8-/m0/s1. The number of furan rings is 1. The first kappa shape index (κ1) is 17.9. The molecule has 0 saturated heterocycles. The molecule has 0 amide bonds. The molecule has 26 heavy (non-hydrogen) atoms. The number of aromatic nitrogens is 4. The molecule has 3 heterocycles. The van der Waals surface area contributed by atoms with E-state index < -0.39 is 22.5 Å². The second-order valence-electron chi connectivity index (χ2n) is 5.52. The Morgan fingerprint density at radius 2 is 2.00 bits per heavy atom. The van der Waals surface area contributed by atoms with Crippen LogP contribution in [0.1, 0.15) is 6.92 Å². The van der Waals surface area contributed by atoms with Gasteiger partial charge in [-0.25, -0.2) is 14.8 Å². The van der Waals surface area contributed by atoms with Crippen molar-refractivity contribution in [3.63, 3.8) is 0 Å². The van der Waals surface area contributed by atoms with Gasteiger partial charge in [0, 0.05) is 14.1 Å². The molecule has 0 aliphatic carbocycles. The molecular formula is C16H16N4O5S. The van der Waals surface area contributed by atoms with E-state index in [0.29, 0.717) is 5.76 Å².